The largest absolute Gasteiger partial charge is 0.367 e. The number of nitrogens with zero attached hydrogens (tertiary/aromatic N) is 3. The molecule has 7 nitrogen and oxygen atoms in total. The first-order chi connectivity index (χ1) is 15.1. The minimum Gasteiger partial charge on any atom is -0.367 e. The number of carbonyl (C=O) groups is 1. The van der Waals surface area contributed by atoms with Gasteiger partial charge in [0.25, 0.3) is 5.91 Å². The summed E-state index contributed by atoms with van der Waals surface area (Å²) in [6.45, 7) is 3.66. The number of hydrogen-bond acceptors (Lipinski definition) is 8. The molecule has 2 atom stereocenters. The molecule has 0 aliphatic carbocycles. The molecule has 4 rings (SSSR count). The topological polar surface area (TPSA) is 111 Å². The lowest BCUT2D eigenvalue weighted by Crippen LogP contribution is -2.46. The molecule has 9 heteroatoms. The van der Waals surface area contributed by atoms with Crippen LogP contribution >= 0.6 is 22.7 Å². The molecule has 1 saturated heterocycles. The zero-order chi connectivity index (χ0) is 21.8. The number of thiophene rings is 1. The van der Waals surface area contributed by atoms with Gasteiger partial charge >= 0.3 is 0 Å². The summed E-state index contributed by atoms with van der Waals surface area (Å²) in [6, 6.07) is 11.9. The van der Waals surface area contributed by atoms with Crippen LogP contribution in [0.5, 0.6) is 0 Å². The van der Waals surface area contributed by atoms with Gasteiger partial charge in [0.1, 0.15) is 28.1 Å². The first kappa shape index (κ1) is 21.4. The van der Waals surface area contributed by atoms with Crippen LogP contribution in [-0.4, -0.2) is 42.7 Å². The normalized spacial score (nSPS) is 17.5. The summed E-state index contributed by atoms with van der Waals surface area (Å²) in [5.41, 5.74) is 1.72. The monoisotopic (exact) mass is 451 g/mol. The molecule has 0 bridgehead atoms. The summed E-state index contributed by atoms with van der Waals surface area (Å²) in [7, 11) is 0. The molecule has 2 aromatic heterocycles. The second kappa shape index (κ2) is 9.54. The zero-order valence-corrected chi connectivity index (χ0v) is 18.6. The Morgan fingerprint density at radius 1 is 1.39 bits per heavy atom. The van der Waals surface area contributed by atoms with Crippen LogP contribution < -0.4 is 10.6 Å². The number of aromatic nitrogens is 1. The number of carbonyl (C=O) groups excluding carboxylic acids is 1. The minimum atomic E-state index is -0.619. The Kier molecular flexibility index (Phi) is 6.59. The van der Waals surface area contributed by atoms with Gasteiger partial charge in [-0.1, -0.05) is 12.1 Å². The number of nitriles is 2. The van der Waals surface area contributed by atoms with E-state index >= 15 is 0 Å². The van der Waals surface area contributed by atoms with Crippen LogP contribution in [0.25, 0.3) is 20.7 Å². The van der Waals surface area contributed by atoms with Gasteiger partial charge in [0.05, 0.1) is 11.8 Å². The number of hydrogen-bond donors (Lipinski definition) is 2. The summed E-state index contributed by atoms with van der Waals surface area (Å²) < 4.78 is 6.66. The SMILES string of the molecule is Cc1nc(-c2ccc3cc(C[C@@H](C#N)NC(=O)[C@@H]4CNCCCO4)sc3c2)sc1C#N. The molecular weight excluding hydrogens is 430 g/mol. The Bertz CT molecular complexity index is 1180. The molecule has 1 aliphatic heterocycles. The number of thiazole rings is 1. The van der Waals surface area contributed by atoms with Crippen molar-refractivity contribution in [2.24, 2.45) is 0 Å². The van der Waals surface area contributed by atoms with Crippen molar-refractivity contribution in [2.45, 2.75) is 31.9 Å². The average Bonchev–Trinajstić information content (AvgIpc) is 3.23. The third-order valence-corrected chi connectivity index (χ3v) is 7.26. The molecule has 0 saturated carbocycles. The van der Waals surface area contributed by atoms with E-state index in [1.807, 2.05) is 19.1 Å². The summed E-state index contributed by atoms with van der Waals surface area (Å²) in [5, 5.41) is 26.6. The molecule has 0 spiro atoms. The van der Waals surface area contributed by atoms with Crippen molar-refractivity contribution in [2.75, 3.05) is 19.7 Å². The molecule has 158 valence electrons. The molecule has 3 heterocycles. The van der Waals surface area contributed by atoms with Crippen molar-refractivity contribution in [3.8, 4) is 22.7 Å². The molecule has 3 aromatic rings. The van der Waals surface area contributed by atoms with E-state index in [9.17, 15) is 15.3 Å². The van der Waals surface area contributed by atoms with E-state index in [0.29, 0.717) is 24.4 Å². The number of ether oxygens (including phenoxy) is 1. The Hall–Kier alpha value is -2.82. The van der Waals surface area contributed by atoms with E-state index in [-0.39, 0.29) is 5.91 Å². The van der Waals surface area contributed by atoms with Crippen molar-refractivity contribution >= 4 is 38.7 Å². The lowest BCUT2D eigenvalue weighted by molar-refractivity contribution is -0.132. The molecule has 1 amide bonds. The number of fused-ring (bicyclic) bond motifs is 1. The number of rotatable bonds is 5. The summed E-state index contributed by atoms with van der Waals surface area (Å²) in [6.07, 6.45) is 0.739. The van der Waals surface area contributed by atoms with Crippen LogP contribution in [0.4, 0.5) is 0 Å². The van der Waals surface area contributed by atoms with E-state index < -0.39 is 12.1 Å². The van der Waals surface area contributed by atoms with Crippen LogP contribution in [-0.2, 0) is 16.0 Å². The second-order valence-corrected chi connectivity index (χ2v) is 9.49. The molecule has 1 aliphatic rings. The minimum absolute atomic E-state index is 0.253. The quantitative estimate of drug-likeness (QED) is 0.617. The third kappa shape index (κ3) is 4.92. The van der Waals surface area contributed by atoms with Crippen molar-refractivity contribution in [1.82, 2.24) is 15.6 Å². The summed E-state index contributed by atoms with van der Waals surface area (Å²) in [5.74, 6) is -0.253. The van der Waals surface area contributed by atoms with Crippen molar-refractivity contribution in [3.63, 3.8) is 0 Å². The van der Waals surface area contributed by atoms with E-state index in [1.165, 1.54) is 11.3 Å². The number of aryl methyl sites for hydroxylation is 1. The van der Waals surface area contributed by atoms with Crippen molar-refractivity contribution < 1.29 is 9.53 Å². The van der Waals surface area contributed by atoms with Crippen molar-refractivity contribution in [3.05, 3.63) is 39.7 Å². The molecular formula is C22H21N5O2S2. The van der Waals surface area contributed by atoms with Crippen molar-refractivity contribution in [1.29, 1.82) is 10.5 Å². The predicted octanol–water partition coefficient (Wildman–Crippen LogP) is 3.13. The van der Waals surface area contributed by atoms with Crippen LogP contribution in [0, 0.1) is 29.6 Å². The second-order valence-electron chi connectivity index (χ2n) is 7.32. The van der Waals surface area contributed by atoms with Gasteiger partial charge in [-0.15, -0.1) is 22.7 Å². The highest BCUT2D eigenvalue weighted by atomic mass is 32.1. The van der Waals surface area contributed by atoms with E-state index in [4.69, 9.17) is 4.74 Å². The highest BCUT2D eigenvalue weighted by Crippen LogP contribution is 2.33. The van der Waals surface area contributed by atoms with Gasteiger partial charge in [-0.05, 0) is 37.4 Å². The fraction of sp³-hybridized carbons (Fsp3) is 0.364. The van der Waals surface area contributed by atoms with Gasteiger partial charge in [0.2, 0.25) is 0 Å². The van der Waals surface area contributed by atoms with Crippen LogP contribution in [0.3, 0.4) is 0 Å². The lowest BCUT2D eigenvalue weighted by atomic mass is 10.1. The molecule has 1 aromatic carbocycles. The predicted molar refractivity (Wildman–Crippen MR) is 121 cm³/mol. The maximum absolute atomic E-state index is 12.5. The van der Waals surface area contributed by atoms with Crippen LogP contribution in [0.15, 0.2) is 24.3 Å². The fourth-order valence-electron chi connectivity index (χ4n) is 3.42. The lowest BCUT2D eigenvalue weighted by Gasteiger charge is -2.17. The number of amides is 1. The Labute approximate surface area is 188 Å². The summed E-state index contributed by atoms with van der Waals surface area (Å²) in [4.78, 5) is 18.6. The smallest absolute Gasteiger partial charge is 0.251 e. The number of benzene rings is 1. The fourth-order valence-corrected chi connectivity index (χ4v) is 5.43. The van der Waals surface area contributed by atoms with E-state index in [2.05, 4.69) is 39.9 Å². The zero-order valence-electron chi connectivity index (χ0n) is 17.0. The van der Waals surface area contributed by atoms with Gasteiger partial charge in [0, 0.05) is 34.7 Å². The molecule has 31 heavy (non-hydrogen) atoms. The highest BCUT2D eigenvalue weighted by molar-refractivity contribution is 7.19. The van der Waals surface area contributed by atoms with E-state index in [1.54, 1.807) is 11.3 Å². The van der Waals surface area contributed by atoms with Gasteiger partial charge in [-0.3, -0.25) is 4.79 Å². The Balaban J connectivity index is 1.48. The van der Waals surface area contributed by atoms with Crippen LogP contribution in [0.2, 0.25) is 0 Å². The van der Waals surface area contributed by atoms with E-state index in [0.717, 1.165) is 44.2 Å². The third-order valence-electron chi connectivity index (χ3n) is 5.03. The van der Waals surface area contributed by atoms with Crippen LogP contribution in [0.1, 0.15) is 21.9 Å². The first-order valence-electron chi connectivity index (χ1n) is 10.00. The molecule has 1 fully saturated rings. The van der Waals surface area contributed by atoms with Gasteiger partial charge in [-0.2, -0.15) is 10.5 Å². The molecule has 0 unspecified atom stereocenters. The highest BCUT2D eigenvalue weighted by Gasteiger charge is 2.24. The van der Waals surface area contributed by atoms with Gasteiger partial charge < -0.3 is 15.4 Å². The Morgan fingerprint density at radius 2 is 2.26 bits per heavy atom. The standard InChI is InChI=1S/C22H21N5O2S2/c1-13-20(11-24)31-22(26-13)15-4-3-14-7-17(30-19(14)8-15)9-16(10-23)27-21(28)18-12-25-5-2-6-29-18/h3-4,7-8,16,18,25H,2,5-6,9,12H2,1H3,(H,27,28)/t16-,18-/m0/s1. The number of nitrogens with one attached hydrogen (secondary N) is 2. The maximum atomic E-state index is 12.5. The maximum Gasteiger partial charge on any atom is 0.251 e. The first-order valence-corrected chi connectivity index (χ1v) is 11.6. The molecule has 2 N–H and O–H groups in total. The summed E-state index contributed by atoms with van der Waals surface area (Å²) >= 11 is 2.99. The van der Waals surface area contributed by atoms with Gasteiger partial charge in [-0.25, -0.2) is 4.98 Å². The Morgan fingerprint density at radius 3 is 3.03 bits per heavy atom. The molecule has 0 radical (unpaired) electrons. The van der Waals surface area contributed by atoms with Gasteiger partial charge in [0.15, 0.2) is 0 Å². The average molecular weight is 452 g/mol.